The number of benzene rings is 3. The molecule has 7 heteroatoms. The minimum Gasteiger partial charge on any atom is -0.490 e. The van der Waals surface area contributed by atoms with E-state index in [4.69, 9.17) is 9.47 Å². The van der Waals surface area contributed by atoms with Crippen LogP contribution in [0.5, 0.6) is 5.75 Å². The molecule has 0 atom stereocenters. The van der Waals surface area contributed by atoms with Gasteiger partial charge in [-0.15, -0.1) is 0 Å². The van der Waals surface area contributed by atoms with E-state index in [1.807, 2.05) is 24.3 Å². The highest BCUT2D eigenvalue weighted by molar-refractivity contribution is 7.92. The maximum absolute atomic E-state index is 13.4. The molecule has 150 valence electrons. The number of hydrogen-bond acceptors (Lipinski definition) is 5. The lowest BCUT2D eigenvalue weighted by atomic mass is 10.1. The zero-order chi connectivity index (χ0) is 20.9. The van der Waals surface area contributed by atoms with Crippen LogP contribution in [0.4, 0.5) is 5.69 Å². The highest BCUT2D eigenvalue weighted by atomic mass is 32.2. The molecule has 3 aromatic rings. The van der Waals surface area contributed by atoms with Gasteiger partial charge in [-0.2, -0.15) is 0 Å². The van der Waals surface area contributed by atoms with E-state index in [-0.39, 0.29) is 4.90 Å². The summed E-state index contributed by atoms with van der Waals surface area (Å²) in [5.74, 6) is -0.101. The minimum absolute atomic E-state index is 0.0899. The largest absolute Gasteiger partial charge is 0.490 e. The van der Waals surface area contributed by atoms with Crippen molar-refractivity contribution in [3.05, 3.63) is 79.4 Å². The third-order valence-corrected chi connectivity index (χ3v) is 6.07. The van der Waals surface area contributed by atoms with E-state index in [1.54, 1.807) is 42.5 Å². The molecule has 0 N–H and O–H groups in total. The van der Waals surface area contributed by atoms with Crippen LogP contribution in [0.15, 0.2) is 84.3 Å². The summed E-state index contributed by atoms with van der Waals surface area (Å²) in [6, 6.07) is 18.8. The van der Waals surface area contributed by atoms with Crippen LogP contribution in [0.1, 0.15) is 0 Å². The topological polar surface area (TPSA) is 72.9 Å². The molecule has 0 bridgehead atoms. The quantitative estimate of drug-likeness (QED) is 0.417. The van der Waals surface area contributed by atoms with Crippen LogP contribution in [0.2, 0.25) is 0 Å². The van der Waals surface area contributed by atoms with Crippen molar-refractivity contribution in [3.63, 3.8) is 0 Å². The molecule has 3 aromatic carbocycles. The zero-order valence-electron chi connectivity index (χ0n) is 15.9. The molecule has 0 aliphatic heterocycles. The van der Waals surface area contributed by atoms with Gasteiger partial charge in [-0.05, 0) is 47.2 Å². The maximum Gasteiger partial charge on any atom is 0.326 e. The molecule has 0 saturated carbocycles. The molecule has 0 aromatic heterocycles. The molecule has 3 rings (SSSR count). The van der Waals surface area contributed by atoms with Crippen molar-refractivity contribution in [2.45, 2.75) is 4.90 Å². The first-order valence-electron chi connectivity index (χ1n) is 8.88. The minimum atomic E-state index is -4.01. The van der Waals surface area contributed by atoms with Crippen LogP contribution in [0.25, 0.3) is 10.8 Å². The summed E-state index contributed by atoms with van der Waals surface area (Å²) in [5, 5.41) is 1.72. The number of hydrogen-bond donors (Lipinski definition) is 0. The number of nitrogens with zero attached hydrogens (tertiary/aromatic N) is 1. The van der Waals surface area contributed by atoms with Gasteiger partial charge in [0.25, 0.3) is 10.0 Å². The molecule has 0 spiro atoms. The Kier molecular flexibility index (Phi) is 6.19. The first kappa shape index (κ1) is 20.4. The smallest absolute Gasteiger partial charge is 0.326 e. The van der Waals surface area contributed by atoms with Gasteiger partial charge in [0.2, 0.25) is 0 Å². The zero-order valence-corrected chi connectivity index (χ0v) is 16.8. The second-order valence-corrected chi connectivity index (χ2v) is 8.05. The third kappa shape index (κ3) is 4.57. The van der Waals surface area contributed by atoms with E-state index < -0.39 is 22.5 Å². The van der Waals surface area contributed by atoms with E-state index in [1.165, 1.54) is 13.2 Å². The summed E-state index contributed by atoms with van der Waals surface area (Å²) in [4.78, 5) is 12.0. The van der Waals surface area contributed by atoms with Crippen LogP contribution in [-0.4, -0.2) is 34.6 Å². The van der Waals surface area contributed by atoms with Gasteiger partial charge < -0.3 is 9.47 Å². The van der Waals surface area contributed by atoms with Crippen LogP contribution >= 0.6 is 0 Å². The van der Waals surface area contributed by atoms with E-state index >= 15 is 0 Å². The fraction of sp³-hybridized carbons (Fsp3) is 0.136. The Labute approximate surface area is 170 Å². The number of ether oxygens (including phenoxy) is 2. The molecule has 0 saturated heterocycles. The molecule has 0 aliphatic carbocycles. The fourth-order valence-electron chi connectivity index (χ4n) is 2.82. The Bertz CT molecular complexity index is 1120. The number of fused-ring (bicyclic) bond motifs is 1. The number of methoxy groups -OCH3 is 1. The Morgan fingerprint density at radius 2 is 1.72 bits per heavy atom. The first-order valence-corrected chi connectivity index (χ1v) is 10.3. The van der Waals surface area contributed by atoms with Crippen molar-refractivity contribution in [1.82, 2.24) is 0 Å². The molecular formula is C22H21NO5S. The average molecular weight is 411 g/mol. The van der Waals surface area contributed by atoms with Crippen LogP contribution in [0, 0.1) is 0 Å². The van der Waals surface area contributed by atoms with Crippen LogP contribution in [0.3, 0.4) is 0 Å². The molecule has 29 heavy (non-hydrogen) atoms. The molecule has 0 aliphatic rings. The maximum atomic E-state index is 13.4. The number of carbonyl (C=O) groups is 1. The van der Waals surface area contributed by atoms with Gasteiger partial charge in [0.15, 0.2) is 0 Å². The van der Waals surface area contributed by atoms with Crippen LogP contribution in [-0.2, 0) is 19.6 Å². The van der Waals surface area contributed by atoms with E-state index in [0.29, 0.717) is 18.0 Å². The summed E-state index contributed by atoms with van der Waals surface area (Å²) in [6.07, 6.45) is 1.61. The predicted octanol–water partition coefficient (Wildman–Crippen LogP) is 3.77. The Morgan fingerprint density at radius 1 is 1.03 bits per heavy atom. The van der Waals surface area contributed by atoms with Crippen molar-refractivity contribution in [2.75, 3.05) is 24.6 Å². The highest BCUT2D eigenvalue weighted by Gasteiger charge is 2.27. The Morgan fingerprint density at radius 3 is 2.38 bits per heavy atom. The van der Waals surface area contributed by atoms with Gasteiger partial charge in [0, 0.05) is 0 Å². The van der Waals surface area contributed by atoms with E-state index in [9.17, 15) is 13.2 Å². The van der Waals surface area contributed by atoms with Crippen LogP contribution < -0.4 is 9.04 Å². The molecule has 0 radical (unpaired) electrons. The fourth-order valence-corrected chi connectivity index (χ4v) is 4.26. The van der Waals surface area contributed by atoms with E-state index in [0.717, 1.165) is 15.1 Å². The summed E-state index contributed by atoms with van der Waals surface area (Å²) >= 11 is 0. The monoisotopic (exact) mass is 411 g/mol. The number of esters is 1. The lowest BCUT2D eigenvalue weighted by Gasteiger charge is -2.23. The summed E-state index contributed by atoms with van der Waals surface area (Å²) < 4.78 is 37.9. The SMILES string of the molecule is C=CCOc1ccc(N(CC(=O)OC)S(=O)(=O)c2ccc3ccccc3c2)cc1. The number of sulfonamides is 1. The standard InChI is InChI=1S/C22H21NO5S/c1-3-14-28-20-11-9-19(10-12-20)23(16-22(24)27-2)29(25,26)21-13-8-17-6-4-5-7-18(17)15-21/h3-13,15H,1,14,16H2,2H3. The van der Waals surface area contributed by atoms with Gasteiger partial charge in [-0.25, -0.2) is 8.42 Å². The van der Waals surface area contributed by atoms with Crippen molar-refractivity contribution in [3.8, 4) is 5.75 Å². The average Bonchev–Trinajstić information content (AvgIpc) is 2.75. The number of anilines is 1. The second kappa shape index (κ2) is 8.79. The second-order valence-electron chi connectivity index (χ2n) is 6.19. The number of rotatable bonds is 8. The summed E-state index contributed by atoms with van der Waals surface area (Å²) in [7, 11) is -2.79. The molecule has 0 amide bonds. The molecule has 0 fully saturated rings. The highest BCUT2D eigenvalue weighted by Crippen LogP contribution is 2.28. The molecule has 0 heterocycles. The summed E-state index contributed by atoms with van der Waals surface area (Å²) in [5.41, 5.74) is 0.328. The van der Waals surface area contributed by atoms with Gasteiger partial charge in [-0.3, -0.25) is 9.10 Å². The lowest BCUT2D eigenvalue weighted by molar-refractivity contribution is -0.138. The van der Waals surface area contributed by atoms with Gasteiger partial charge in [0.05, 0.1) is 17.7 Å². The molecule has 6 nitrogen and oxygen atoms in total. The Balaban J connectivity index is 2.02. The predicted molar refractivity (Wildman–Crippen MR) is 113 cm³/mol. The van der Waals surface area contributed by atoms with Crippen molar-refractivity contribution < 1.29 is 22.7 Å². The van der Waals surface area contributed by atoms with Crippen molar-refractivity contribution in [1.29, 1.82) is 0 Å². The Hall–Kier alpha value is -3.32. The van der Waals surface area contributed by atoms with Gasteiger partial charge >= 0.3 is 5.97 Å². The normalized spacial score (nSPS) is 11.1. The summed E-state index contributed by atoms with van der Waals surface area (Å²) in [6.45, 7) is 3.48. The number of carbonyl (C=O) groups excluding carboxylic acids is 1. The van der Waals surface area contributed by atoms with Gasteiger partial charge in [-0.1, -0.05) is 43.0 Å². The van der Waals surface area contributed by atoms with Gasteiger partial charge in [0.1, 0.15) is 18.9 Å². The molecule has 0 unspecified atom stereocenters. The van der Waals surface area contributed by atoms with Crippen molar-refractivity contribution >= 4 is 32.5 Å². The lowest BCUT2D eigenvalue weighted by Crippen LogP contribution is -2.36. The first-order chi connectivity index (χ1) is 14.0. The van der Waals surface area contributed by atoms with Crippen molar-refractivity contribution in [2.24, 2.45) is 0 Å². The molecular weight excluding hydrogens is 390 g/mol. The third-order valence-electron chi connectivity index (χ3n) is 4.30. The van der Waals surface area contributed by atoms with E-state index in [2.05, 4.69) is 6.58 Å².